The van der Waals surface area contributed by atoms with E-state index in [1.165, 1.54) is 6.07 Å². The Kier molecular flexibility index (Phi) is 4.46. The highest BCUT2D eigenvalue weighted by Gasteiger charge is 2.10. The zero-order chi connectivity index (χ0) is 14.5. The molecule has 0 aliphatic rings. The van der Waals surface area contributed by atoms with Crippen LogP contribution in [0.4, 0.5) is 4.39 Å². The predicted molar refractivity (Wildman–Crippen MR) is 83.4 cm³/mol. The van der Waals surface area contributed by atoms with Crippen LogP contribution in [0.3, 0.4) is 0 Å². The van der Waals surface area contributed by atoms with Gasteiger partial charge in [0, 0.05) is 17.5 Å². The molecular weight excluding hydrogens is 249 g/mol. The van der Waals surface area contributed by atoms with Crippen LogP contribution in [0.1, 0.15) is 16.8 Å². The van der Waals surface area contributed by atoms with Crippen molar-refractivity contribution in [1.82, 2.24) is 4.98 Å². The molecule has 0 N–H and O–H groups in total. The van der Waals surface area contributed by atoms with Crippen LogP contribution in [-0.4, -0.2) is 4.98 Å². The molecule has 2 rings (SSSR count). The molecule has 0 bridgehead atoms. The van der Waals surface area contributed by atoms with Gasteiger partial charge in [0.1, 0.15) is 11.3 Å². The van der Waals surface area contributed by atoms with E-state index in [9.17, 15) is 4.39 Å². The molecule has 0 radical (unpaired) electrons. The smallest absolute Gasteiger partial charge is 0.149 e. The molecule has 1 nitrogen and oxygen atoms in total. The molecule has 0 aliphatic carbocycles. The number of fused-ring (bicyclic) bond motifs is 1. The predicted octanol–water partition coefficient (Wildman–Crippen LogP) is 4.56. The van der Waals surface area contributed by atoms with E-state index in [2.05, 4.69) is 24.7 Å². The molecule has 1 aromatic carbocycles. The number of hydrogen-bond acceptors (Lipinski definition) is 1. The fraction of sp³-hybridized carbons (Fsp3) is 0.167. The molecule has 20 heavy (non-hydrogen) atoms. The summed E-state index contributed by atoms with van der Waals surface area (Å²) in [4.78, 5) is 4.46. The van der Waals surface area contributed by atoms with Gasteiger partial charge in [0.25, 0.3) is 0 Å². The van der Waals surface area contributed by atoms with Crippen molar-refractivity contribution in [2.24, 2.45) is 0 Å². The number of pyridine rings is 1. The van der Waals surface area contributed by atoms with E-state index >= 15 is 0 Å². The molecule has 2 heteroatoms. The maximum atomic E-state index is 14.2. The standard InChI is InChI=1S/C18H18FN/c1-4-7-13-10-15-12-14(8-5-2)17(9-6-3)20-18(15)16(19)11-13/h4-6,10-12H,1-3,7-9H2. The van der Waals surface area contributed by atoms with Gasteiger partial charge >= 0.3 is 0 Å². The molecule has 2 aromatic rings. The Labute approximate surface area is 119 Å². The van der Waals surface area contributed by atoms with Crippen molar-refractivity contribution in [2.75, 3.05) is 0 Å². The number of aromatic nitrogens is 1. The summed E-state index contributed by atoms with van der Waals surface area (Å²) in [6.07, 6.45) is 7.39. The van der Waals surface area contributed by atoms with Crippen molar-refractivity contribution < 1.29 is 4.39 Å². The van der Waals surface area contributed by atoms with Crippen LogP contribution >= 0.6 is 0 Å². The normalized spacial score (nSPS) is 10.4. The summed E-state index contributed by atoms with van der Waals surface area (Å²) < 4.78 is 14.2. The lowest BCUT2D eigenvalue weighted by molar-refractivity contribution is 0.634. The number of allylic oxidation sites excluding steroid dienone is 3. The average molecular weight is 267 g/mol. The summed E-state index contributed by atoms with van der Waals surface area (Å²) in [7, 11) is 0. The highest BCUT2D eigenvalue weighted by Crippen LogP contribution is 2.23. The first-order valence-electron chi connectivity index (χ1n) is 6.63. The van der Waals surface area contributed by atoms with E-state index in [1.807, 2.05) is 18.2 Å². The Morgan fingerprint density at radius 3 is 2.30 bits per heavy atom. The average Bonchev–Trinajstić information content (AvgIpc) is 2.41. The van der Waals surface area contributed by atoms with Crippen LogP contribution in [0.5, 0.6) is 0 Å². The molecule has 0 atom stereocenters. The molecular formula is C18H18FN. The third kappa shape index (κ3) is 2.85. The maximum Gasteiger partial charge on any atom is 0.149 e. The first-order valence-corrected chi connectivity index (χ1v) is 6.63. The summed E-state index contributed by atoms with van der Waals surface area (Å²) in [5.74, 6) is -0.283. The molecule has 0 saturated heterocycles. The minimum atomic E-state index is -0.283. The largest absolute Gasteiger partial charge is 0.249 e. The number of benzene rings is 1. The molecule has 1 aromatic heterocycles. The summed E-state index contributed by atoms with van der Waals surface area (Å²) >= 11 is 0. The number of nitrogens with zero attached hydrogens (tertiary/aromatic N) is 1. The highest BCUT2D eigenvalue weighted by atomic mass is 19.1. The summed E-state index contributed by atoms with van der Waals surface area (Å²) in [5, 5.41) is 0.825. The Morgan fingerprint density at radius 2 is 1.65 bits per heavy atom. The highest BCUT2D eigenvalue weighted by molar-refractivity contribution is 5.81. The van der Waals surface area contributed by atoms with E-state index < -0.39 is 0 Å². The van der Waals surface area contributed by atoms with Crippen LogP contribution in [0, 0.1) is 5.82 Å². The monoisotopic (exact) mass is 267 g/mol. The molecule has 102 valence electrons. The van der Waals surface area contributed by atoms with Gasteiger partial charge in [0.05, 0.1) is 0 Å². The van der Waals surface area contributed by atoms with Gasteiger partial charge in [-0.3, -0.25) is 0 Å². The van der Waals surface area contributed by atoms with Crippen LogP contribution in [0.2, 0.25) is 0 Å². The third-order valence-electron chi connectivity index (χ3n) is 3.18. The minimum absolute atomic E-state index is 0.283. The Balaban J connectivity index is 2.65. The van der Waals surface area contributed by atoms with Crippen LogP contribution in [0.25, 0.3) is 10.9 Å². The van der Waals surface area contributed by atoms with Crippen molar-refractivity contribution in [3.05, 3.63) is 78.8 Å². The second kappa shape index (κ2) is 6.29. The van der Waals surface area contributed by atoms with E-state index in [1.54, 1.807) is 12.2 Å². The lowest BCUT2D eigenvalue weighted by Gasteiger charge is -2.10. The summed E-state index contributed by atoms with van der Waals surface area (Å²) in [6.45, 7) is 11.2. The zero-order valence-electron chi connectivity index (χ0n) is 11.5. The van der Waals surface area contributed by atoms with Crippen LogP contribution in [-0.2, 0) is 19.3 Å². The van der Waals surface area contributed by atoms with Crippen molar-refractivity contribution in [3.8, 4) is 0 Å². The summed E-state index contributed by atoms with van der Waals surface area (Å²) in [5.41, 5.74) is 3.26. The topological polar surface area (TPSA) is 12.9 Å². The number of hydrogen-bond donors (Lipinski definition) is 0. The van der Waals surface area contributed by atoms with Gasteiger partial charge in [-0.25, -0.2) is 9.37 Å². The Bertz CT molecular complexity index is 671. The lowest BCUT2D eigenvalue weighted by atomic mass is 10.0. The van der Waals surface area contributed by atoms with E-state index in [0.717, 1.165) is 28.6 Å². The van der Waals surface area contributed by atoms with Gasteiger partial charge in [-0.2, -0.15) is 0 Å². The molecule has 1 heterocycles. The SMILES string of the molecule is C=CCc1cc(F)c2nc(CC=C)c(CC=C)cc2c1. The van der Waals surface area contributed by atoms with E-state index in [4.69, 9.17) is 0 Å². The second-order valence-electron chi connectivity index (χ2n) is 4.72. The van der Waals surface area contributed by atoms with Gasteiger partial charge in [-0.15, -0.1) is 19.7 Å². The molecule has 0 spiro atoms. The fourth-order valence-corrected chi connectivity index (χ4v) is 2.31. The Morgan fingerprint density at radius 1 is 0.950 bits per heavy atom. The van der Waals surface area contributed by atoms with Gasteiger partial charge < -0.3 is 0 Å². The van der Waals surface area contributed by atoms with Crippen molar-refractivity contribution in [3.63, 3.8) is 0 Å². The van der Waals surface area contributed by atoms with Gasteiger partial charge in [-0.05, 0) is 42.2 Å². The summed E-state index contributed by atoms with van der Waals surface area (Å²) in [6, 6.07) is 5.50. The van der Waals surface area contributed by atoms with Crippen LogP contribution in [0.15, 0.2) is 56.2 Å². The first-order chi connectivity index (χ1) is 9.69. The quantitative estimate of drug-likeness (QED) is 0.699. The van der Waals surface area contributed by atoms with Crippen molar-refractivity contribution in [1.29, 1.82) is 0 Å². The minimum Gasteiger partial charge on any atom is -0.249 e. The number of halogens is 1. The zero-order valence-corrected chi connectivity index (χ0v) is 11.5. The van der Waals surface area contributed by atoms with E-state index in [-0.39, 0.29) is 5.82 Å². The molecule has 0 saturated carbocycles. The van der Waals surface area contributed by atoms with Gasteiger partial charge in [-0.1, -0.05) is 18.2 Å². The second-order valence-corrected chi connectivity index (χ2v) is 4.72. The number of rotatable bonds is 6. The first kappa shape index (κ1) is 14.2. The van der Waals surface area contributed by atoms with Crippen molar-refractivity contribution in [2.45, 2.75) is 19.3 Å². The van der Waals surface area contributed by atoms with Gasteiger partial charge in [0.15, 0.2) is 0 Å². The lowest BCUT2D eigenvalue weighted by Crippen LogP contribution is -1.99. The molecule has 0 fully saturated rings. The maximum absolute atomic E-state index is 14.2. The van der Waals surface area contributed by atoms with E-state index in [0.29, 0.717) is 18.4 Å². The molecule has 0 amide bonds. The van der Waals surface area contributed by atoms with Gasteiger partial charge in [0.2, 0.25) is 0 Å². The van der Waals surface area contributed by atoms with Crippen LogP contribution < -0.4 is 0 Å². The van der Waals surface area contributed by atoms with Crippen molar-refractivity contribution >= 4 is 10.9 Å². The third-order valence-corrected chi connectivity index (χ3v) is 3.18. The molecule has 0 aliphatic heterocycles. The molecule has 0 unspecified atom stereocenters. The fourth-order valence-electron chi connectivity index (χ4n) is 2.31. The Hall–Kier alpha value is -2.22.